The van der Waals surface area contributed by atoms with Gasteiger partial charge < -0.3 is 0 Å². The maximum absolute atomic E-state index is 2.38. The number of hydrogen-bond acceptors (Lipinski definition) is 1. The van der Waals surface area contributed by atoms with Gasteiger partial charge in [0, 0.05) is 17.4 Å². The van der Waals surface area contributed by atoms with Gasteiger partial charge in [-0.25, -0.2) is 4.57 Å². The van der Waals surface area contributed by atoms with E-state index in [2.05, 4.69) is 98.9 Å². The van der Waals surface area contributed by atoms with E-state index in [0.717, 1.165) is 0 Å². The molecule has 132 valence electrons. The molecule has 0 aliphatic rings. The lowest BCUT2D eigenvalue weighted by atomic mass is 9.72. The SMILES string of the molecule is CC[C@@H](C)C(C)(C)c1ccc(-c2cccs2)cc1-n1cc[n+](C)c1C. The highest BCUT2D eigenvalue weighted by Gasteiger charge is 2.32. The van der Waals surface area contributed by atoms with Crippen molar-refractivity contribution < 1.29 is 4.57 Å². The van der Waals surface area contributed by atoms with Crippen LogP contribution >= 0.6 is 11.3 Å². The maximum Gasteiger partial charge on any atom is 0.258 e. The Morgan fingerprint density at radius 3 is 2.56 bits per heavy atom. The highest BCUT2D eigenvalue weighted by Crippen LogP contribution is 2.39. The van der Waals surface area contributed by atoms with Crippen LogP contribution in [0.5, 0.6) is 0 Å². The predicted molar refractivity (Wildman–Crippen MR) is 107 cm³/mol. The predicted octanol–water partition coefficient (Wildman–Crippen LogP) is 5.66. The summed E-state index contributed by atoms with van der Waals surface area (Å²) in [6.45, 7) is 11.6. The first-order chi connectivity index (χ1) is 11.9. The molecule has 0 saturated carbocycles. The Hall–Kier alpha value is -1.87. The lowest BCUT2D eigenvalue weighted by Crippen LogP contribution is -2.31. The Morgan fingerprint density at radius 1 is 1.24 bits per heavy atom. The Morgan fingerprint density at radius 2 is 2.00 bits per heavy atom. The van der Waals surface area contributed by atoms with E-state index in [9.17, 15) is 0 Å². The summed E-state index contributed by atoms with van der Waals surface area (Å²) in [5.74, 6) is 1.85. The smallest absolute Gasteiger partial charge is 0.237 e. The molecule has 0 fully saturated rings. The Balaban J connectivity index is 2.23. The second-order valence-electron chi connectivity index (χ2n) is 7.57. The molecule has 0 unspecified atom stereocenters. The molecule has 0 aliphatic carbocycles. The highest BCUT2D eigenvalue weighted by atomic mass is 32.1. The number of hydrogen-bond donors (Lipinski definition) is 0. The summed E-state index contributed by atoms with van der Waals surface area (Å²) < 4.78 is 4.51. The first-order valence-corrected chi connectivity index (χ1v) is 9.96. The van der Waals surface area contributed by atoms with Gasteiger partial charge in [-0.3, -0.25) is 0 Å². The molecule has 0 bridgehead atoms. The zero-order valence-electron chi connectivity index (χ0n) is 16.2. The number of aromatic nitrogens is 2. The number of thiophene rings is 1. The van der Waals surface area contributed by atoms with Gasteiger partial charge in [-0.15, -0.1) is 11.3 Å². The van der Waals surface area contributed by atoms with Gasteiger partial charge in [0.25, 0.3) is 5.82 Å². The second kappa shape index (κ2) is 6.80. The zero-order chi connectivity index (χ0) is 18.2. The van der Waals surface area contributed by atoms with E-state index in [1.807, 2.05) is 0 Å². The van der Waals surface area contributed by atoms with E-state index < -0.39 is 0 Å². The van der Waals surface area contributed by atoms with E-state index in [1.54, 1.807) is 11.3 Å². The summed E-state index contributed by atoms with van der Waals surface area (Å²) in [4.78, 5) is 1.32. The van der Waals surface area contributed by atoms with Crippen LogP contribution < -0.4 is 4.57 Å². The minimum atomic E-state index is 0.118. The van der Waals surface area contributed by atoms with Crippen LogP contribution in [0.4, 0.5) is 0 Å². The van der Waals surface area contributed by atoms with Gasteiger partial charge in [0.2, 0.25) is 0 Å². The molecule has 0 amide bonds. The quantitative estimate of drug-likeness (QED) is 0.523. The van der Waals surface area contributed by atoms with E-state index in [1.165, 1.54) is 33.9 Å². The summed E-state index contributed by atoms with van der Waals surface area (Å²) in [7, 11) is 2.11. The summed E-state index contributed by atoms with van der Waals surface area (Å²) in [5, 5.41) is 2.15. The van der Waals surface area contributed by atoms with E-state index in [-0.39, 0.29) is 5.41 Å². The van der Waals surface area contributed by atoms with Crippen LogP contribution in [0, 0.1) is 12.8 Å². The molecule has 3 rings (SSSR count). The van der Waals surface area contributed by atoms with Crippen LogP contribution in [-0.4, -0.2) is 4.57 Å². The standard InChI is InChI=1S/C22H29N2S/c1-7-16(2)22(4,5)19-11-10-18(21-9-8-14-25-21)15-20(19)24-13-12-23(6)17(24)3/h8-16H,7H2,1-6H3/q+1/t16-/m1/s1. The maximum atomic E-state index is 2.38. The van der Waals surface area contributed by atoms with Gasteiger partial charge in [-0.05, 0) is 34.4 Å². The second-order valence-corrected chi connectivity index (χ2v) is 8.51. The van der Waals surface area contributed by atoms with Crippen LogP contribution in [0.1, 0.15) is 45.5 Å². The molecule has 0 radical (unpaired) electrons. The summed E-state index contributed by atoms with van der Waals surface area (Å²) in [5.41, 5.74) is 4.13. The molecule has 0 spiro atoms. The molecule has 0 aliphatic heterocycles. The lowest BCUT2D eigenvalue weighted by molar-refractivity contribution is -0.677. The van der Waals surface area contributed by atoms with Crippen molar-refractivity contribution in [1.29, 1.82) is 0 Å². The van der Waals surface area contributed by atoms with Crippen molar-refractivity contribution in [1.82, 2.24) is 4.57 Å². The van der Waals surface area contributed by atoms with Crippen molar-refractivity contribution in [3.63, 3.8) is 0 Å². The molecule has 0 saturated heterocycles. The van der Waals surface area contributed by atoms with Gasteiger partial charge >= 0.3 is 0 Å². The monoisotopic (exact) mass is 353 g/mol. The molecule has 3 aromatic rings. The third kappa shape index (κ3) is 3.18. The van der Waals surface area contributed by atoms with Crippen LogP contribution in [0.3, 0.4) is 0 Å². The van der Waals surface area contributed by atoms with Crippen LogP contribution in [0.25, 0.3) is 16.1 Å². The largest absolute Gasteiger partial charge is 0.258 e. The van der Waals surface area contributed by atoms with Gasteiger partial charge in [-0.2, -0.15) is 4.57 Å². The van der Waals surface area contributed by atoms with Crippen LogP contribution in [0.2, 0.25) is 0 Å². The minimum Gasteiger partial charge on any atom is -0.237 e. The third-order valence-electron chi connectivity index (χ3n) is 5.90. The van der Waals surface area contributed by atoms with E-state index >= 15 is 0 Å². The average molecular weight is 354 g/mol. The van der Waals surface area contributed by atoms with Crippen molar-refractivity contribution in [2.24, 2.45) is 13.0 Å². The fourth-order valence-corrected chi connectivity index (χ4v) is 4.18. The molecular formula is C22H29N2S+. The average Bonchev–Trinajstić information content (AvgIpc) is 3.25. The van der Waals surface area contributed by atoms with E-state index in [0.29, 0.717) is 5.92 Å². The number of aryl methyl sites for hydroxylation is 1. The Bertz CT molecular complexity index is 856. The molecule has 1 aromatic carbocycles. The topological polar surface area (TPSA) is 8.81 Å². The highest BCUT2D eigenvalue weighted by molar-refractivity contribution is 7.13. The van der Waals surface area contributed by atoms with Crippen LogP contribution in [-0.2, 0) is 12.5 Å². The first kappa shape index (κ1) is 17.9. The molecule has 1 atom stereocenters. The summed E-state index contributed by atoms with van der Waals surface area (Å²) >= 11 is 1.80. The van der Waals surface area contributed by atoms with Crippen molar-refractivity contribution >= 4 is 11.3 Å². The lowest BCUT2D eigenvalue weighted by Gasteiger charge is -2.33. The molecule has 2 nitrogen and oxygen atoms in total. The molecule has 2 heterocycles. The first-order valence-electron chi connectivity index (χ1n) is 9.08. The fourth-order valence-electron chi connectivity index (χ4n) is 3.45. The Labute approximate surface area is 155 Å². The van der Waals surface area contributed by atoms with Crippen molar-refractivity contribution in [2.45, 2.75) is 46.5 Å². The molecular weight excluding hydrogens is 324 g/mol. The Kier molecular flexibility index (Phi) is 4.88. The fraction of sp³-hybridized carbons (Fsp3) is 0.409. The van der Waals surface area contributed by atoms with E-state index in [4.69, 9.17) is 0 Å². The van der Waals surface area contributed by atoms with Crippen molar-refractivity contribution in [3.05, 3.63) is 59.5 Å². The van der Waals surface area contributed by atoms with Gasteiger partial charge in [-0.1, -0.05) is 52.3 Å². The van der Waals surface area contributed by atoms with Crippen molar-refractivity contribution in [2.75, 3.05) is 0 Å². The van der Waals surface area contributed by atoms with Gasteiger partial charge in [0.05, 0.1) is 7.05 Å². The van der Waals surface area contributed by atoms with Crippen LogP contribution in [0.15, 0.2) is 48.1 Å². The molecule has 3 heteroatoms. The number of benzene rings is 1. The number of nitrogens with zero attached hydrogens (tertiary/aromatic N) is 2. The number of rotatable bonds is 5. The normalized spacial score (nSPS) is 13.2. The third-order valence-corrected chi connectivity index (χ3v) is 6.82. The van der Waals surface area contributed by atoms with Crippen molar-refractivity contribution in [3.8, 4) is 16.1 Å². The number of imidazole rings is 1. The summed E-state index contributed by atoms with van der Waals surface area (Å²) in [6, 6.07) is 11.3. The molecule has 2 aromatic heterocycles. The van der Waals surface area contributed by atoms with Gasteiger partial charge in [0.1, 0.15) is 18.1 Å². The van der Waals surface area contributed by atoms with Gasteiger partial charge in [0.15, 0.2) is 0 Å². The zero-order valence-corrected chi connectivity index (χ0v) is 17.0. The molecule has 25 heavy (non-hydrogen) atoms. The summed E-state index contributed by atoms with van der Waals surface area (Å²) in [6.07, 6.45) is 5.49. The molecule has 0 N–H and O–H groups in total. The minimum absolute atomic E-state index is 0.118.